The highest BCUT2D eigenvalue weighted by atomic mass is 79.9. The maximum Gasteiger partial charge on any atom is 0.263 e. The van der Waals surface area contributed by atoms with E-state index in [4.69, 9.17) is 0 Å². The minimum atomic E-state index is -3.48. The van der Waals surface area contributed by atoms with Gasteiger partial charge in [-0.05, 0) is 36.8 Å². The van der Waals surface area contributed by atoms with E-state index in [1.807, 2.05) is 31.2 Å². The van der Waals surface area contributed by atoms with Crippen LogP contribution in [0.1, 0.15) is 24.1 Å². The van der Waals surface area contributed by atoms with Gasteiger partial charge in [0.25, 0.3) is 10.0 Å². The van der Waals surface area contributed by atoms with Crippen molar-refractivity contribution in [3.05, 3.63) is 64.1 Å². The van der Waals surface area contributed by atoms with Crippen LogP contribution in [-0.2, 0) is 10.0 Å². The van der Waals surface area contributed by atoms with Gasteiger partial charge in [0, 0.05) is 10.0 Å². The Bertz CT molecular complexity index is 831. The molecule has 2 aromatic rings. The molecule has 6 heteroatoms. The highest BCUT2D eigenvalue weighted by Gasteiger charge is 2.30. The van der Waals surface area contributed by atoms with Gasteiger partial charge in [0.1, 0.15) is 5.84 Å². The summed E-state index contributed by atoms with van der Waals surface area (Å²) in [6.45, 7) is 1.93. The molecule has 0 fully saturated rings. The zero-order chi connectivity index (χ0) is 15.0. The Kier molecular flexibility index (Phi) is 3.59. The van der Waals surface area contributed by atoms with Crippen LogP contribution in [0.5, 0.6) is 0 Å². The number of hydrogen-bond acceptors (Lipinski definition) is 3. The number of aliphatic imine (C=N–C) groups is 1. The predicted octanol–water partition coefficient (Wildman–Crippen LogP) is 3.25. The van der Waals surface area contributed by atoms with Crippen molar-refractivity contribution >= 4 is 31.8 Å². The summed E-state index contributed by atoms with van der Waals surface area (Å²) in [5, 5.41) is 0. The Morgan fingerprint density at radius 3 is 2.67 bits per heavy atom. The second-order valence-corrected chi connectivity index (χ2v) is 7.38. The van der Waals surface area contributed by atoms with E-state index in [-0.39, 0.29) is 10.9 Å². The van der Waals surface area contributed by atoms with E-state index < -0.39 is 10.0 Å². The highest BCUT2D eigenvalue weighted by Crippen LogP contribution is 2.26. The first-order chi connectivity index (χ1) is 9.97. The molecule has 0 aromatic heterocycles. The van der Waals surface area contributed by atoms with Crippen LogP contribution >= 0.6 is 15.9 Å². The Morgan fingerprint density at radius 2 is 1.90 bits per heavy atom. The van der Waals surface area contributed by atoms with Crippen LogP contribution in [0, 0.1) is 0 Å². The van der Waals surface area contributed by atoms with Crippen molar-refractivity contribution in [2.75, 3.05) is 0 Å². The first-order valence-electron chi connectivity index (χ1n) is 6.43. The van der Waals surface area contributed by atoms with Crippen LogP contribution < -0.4 is 4.72 Å². The zero-order valence-corrected chi connectivity index (χ0v) is 13.6. The molecule has 2 aromatic carbocycles. The molecule has 3 rings (SSSR count). The summed E-state index contributed by atoms with van der Waals surface area (Å²) < 4.78 is 27.6. The molecule has 0 saturated heterocycles. The first kappa shape index (κ1) is 14.3. The van der Waals surface area contributed by atoms with Crippen molar-refractivity contribution in [1.29, 1.82) is 0 Å². The average molecular weight is 365 g/mol. The lowest BCUT2D eigenvalue weighted by molar-refractivity contribution is 0.595. The minimum Gasteiger partial charge on any atom is -0.263 e. The summed E-state index contributed by atoms with van der Waals surface area (Å²) in [6, 6.07) is 14.5. The van der Waals surface area contributed by atoms with Crippen LogP contribution in [0.15, 0.2) is 62.9 Å². The summed E-state index contributed by atoms with van der Waals surface area (Å²) in [5.41, 5.74) is 1.64. The lowest BCUT2D eigenvalue weighted by Crippen LogP contribution is -2.22. The fourth-order valence-corrected chi connectivity index (χ4v) is 3.92. The van der Waals surface area contributed by atoms with E-state index in [0.29, 0.717) is 11.4 Å². The number of benzene rings is 2. The van der Waals surface area contributed by atoms with Crippen molar-refractivity contribution in [3.63, 3.8) is 0 Å². The topological polar surface area (TPSA) is 58.5 Å². The van der Waals surface area contributed by atoms with Crippen LogP contribution in [-0.4, -0.2) is 14.3 Å². The summed E-state index contributed by atoms with van der Waals surface area (Å²) in [6.07, 6.45) is 0. The van der Waals surface area contributed by atoms with Crippen molar-refractivity contribution in [3.8, 4) is 0 Å². The molecule has 0 radical (unpaired) electrons. The van der Waals surface area contributed by atoms with E-state index in [2.05, 4.69) is 25.6 Å². The van der Waals surface area contributed by atoms with E-state index in [9.17, 15) is 8.42 Å². The SMILES string of the molecule is CC(N=C1NS(=O)(=O)c2ccccc21)c1cccc(Br)c1. The fourth-order valence-electron chi connectivity index (χ4n) is 2.26. The maximum absolute atomic E-state index is 12.0. The van der Waals surface area contributed by atoms with Gasteiger partial charge in [-0.3, -0.25) is 9.71 Å². The average Bonchev–Trinajstić information content (AvgIpc) is 2.71. The molecule has 0 bridgehead atoms. The van der Waals surface area contributed by atoms with Gasteiger partial charge >= 0.3 is 0 Å². The van der Waals surface area contributed by atoms with Crippen molar-refractivity contribution in [1.82, 2.24) is 4.72 Å². The van der Waals surface area contributed by atoms with E-state index >= 15 is 0 Å². The number of rotatable bonds is 2. The molecule has 1 heterocycles. The van der Waals surface area contributed by atoms with Gasteiger partial charge in [-0.2, -0.15) is 0 Å². The zero-order valence-electron chi connectivity index (χ0n) is 11.2. The number of halogens is 1. The molecule has 0 saturated carbocycles. The lowest BCUT2D eigenvalue weighted by atomic mass is 10.1. The van der Waals surface area contributed by atoms with Crippen LogP contribution in [0.2, 0.25) is 0 Å². The van der Waals surface area contributed by atoms with E-state index in [0.717, 1.165) is 10.0 Å². The molecule has 1 aliphatic heterocycles. The standard InChI is InChI=1S/C15H13BrN2O2S/c1-10(11-5-4-6-12(16)9-11)17-15-13-7-2-3-8-14(13)21(19,20)18-15/h2-10H,1H3,(H,17,18). The van der Waals surface area contributed by atoms with Gasteiger partial charge in [-0.1, -0.05) is 40.2 Å². The minimum absolute atomic E-state index is 0.147. The molecule has 108 valence electrons. The molecule has 4 nitrogen and oxygen atoms in total. The number of hydrogen-bond donors (Lipinski definition) is 1. The Balaban J connectivity index is 2.02. The van der Waals surface area contributed by atoms with Crippen LogP contribution in [0.25, 0.3) is 0 Å². The number of sulfonamides is 1. The molecule has 0 spiro atoms. The van der Waals surface area contributed by atoms with Gasteiger partial charge < -0.3 is 0 Å². The third kappa shape index (κ3) is 2.73. The summed E-state index contributed by atoms with van der Waals surface area (Å²) in [7, 11) is -3.48. The van der Waals surface area contributed by atoms with Crippen molar-refractivity contribution in [2.45, 2.75) is 17.9 Å². The molecule has 1 aliphatic rings. The smallest absolute Gasteiger partial charge is 0.263 e. The van der Waals surface area contributed by atoms with Gasteiger partial charge in [0.15, 0.2) is 0 Å². The Hall–Kier alpha value is -1.66. The largest absolute Gasteiger partial charge is 0.263 e. The van der Waals surface area contributed by atoms with Gasteiger partial charge in [-0.25, -0.2) is 8.42 Å². The summed E-state index contributed by atoms with van der Waals surface area (Å²) in [5.74, 6) is 0.401. The second-order valence-electron chi connectivity index (χ2n) is 4.81. The monoisotopic (exact) mass is 364 g/mol. The summed E-state index contributed by atoms with van der Waals surface area (Å²) >= 11 is 3.43. The number of nitrogens with zero attached hydrogens (tertiary/aromatic N) is 1. The molecular weight excluding hydrogens is 352 g/mol. The molecule has 1 atom stereocenters. The Labute approximate surface area is 132 Å². The quantitative estimate of drug-likeness (QED) is 0.888. The summed E-state index contributed by atoms with van der Waals surface area (Å²) in [4.78, 5) is 4.81. The molecule has 1 N–H and O–H groups in total. The van der Waals surface area contributed by atoms with Crippen molar-refractivity contribution < 1.29 is 8.42 Å². The van der Waals surface area contributed by atoms with E-state index in [1.54, 1.807) is 24.3 Å². The highest BCUT2D eigenvalue weighted by molar-refractivity contribution is 9.10. The fraction of sp³-hybridized carbons (Fsp3) is 0.133. The third-order valence-corrected chi connectivity index (χ3v) is 5.21. The molecule has 0 aliphatic carbocycles. The second kappa shape index (κ2) is 5.27. The van der Waals surface area contributed by atoms with Gasteiger partial charge in [-0.15, -0.1) is 0 Å². The maximum atomic E-state index is 12.0. The first-order valence-corrected chi connectivity index (χ1v) is 8.70. The molecule has 1 unspecified atom stereocenters. The van der Waals surface area contributed by atoms with E-state index in [1.165, 1.54) is 0 Å². The van der Waals surface area contributed by atoms with Gasteiger partial charge in [0.2, 0.25) is 0 Å². The number of nitrogens with one attached hydrogen (secondary N) is 1. The molecule has 0 amide bonds. The number of fused-ring (bicyclic) bond motifs is 1. The van der Waals surface area contributed by atoms with Gasteiger partial charge in [0.05, 0.1) is 10.9 Å². The van der Waals surface area contributed by atoms with Crippen LogP contribution in [0.4, 0.5) is 0 Å². The third-order valence-electron chi connectivity index (χ3n) is 3.32. The normalized spacial score (nSPS) is 19.0. The molecule has 21 heavy (non-hydrogen) atoms. The number of amidine groups is 1. The predicted molar refractivity (Wildman–Crippen MR) is 85.9 cm³/mol. The molecular formula is C15H13BrN2O2S. The van der Waals surface area contributed by atoms with Crippen LogP contribution in [0.3, 0.4) is 0 Å². The lowest BCUT2D eigenvalue weighted by Gasteiger charge is -2.09. The van der Waals surface area contributed by atoms with Crippen molar-refractivity contribution in [2.24, 2.45) is 4.99 Å². The Morgan fingerprint density at radius 1 is 1.14 bits per heavy atom.